The minimum absolute atomic E-state index is 0.0508. The molecule has 0 aliphatic rings. The third-order valence-corrected chi connectivity index (χ3v) is 3.87. The Balaban J connectivity index is 2.05. The van der Waals surface area contributed by atoms with Gasteiger partial charge in [-0.2, -0.15) is 5.26 Å². The van der Waals surface area contributed by atoms with E-state index in [1.54, 1.807) is 13.0 Å². The van der Waals surface area contributed by atoms with Crippen LogP contribution in [0.5, 0.6) is 17.2 Å². The summed E-state index contributed by atoms with van der Waals surface area (Å²) in [5.41, 5.74) is 1.65. The van der Waals surface area contributed by atoms with Crippen LogP contribution < -0.4 is 14.2 Å². The Morgan fingerprint density at radius 2 is 1.73 bits per heavy atom. The molecule has 0 aromatic heterocycles. The number of carbonyl (C=O) groups excluding carboxylic acids is 1. The van der Waals surface area contributed by atoms with E-state index in [2.05, 4.69) is 20.8 Å². The van der Waals surface area contributed by atoms with Crippen LogP contribution in [0, 0.1) is 11.3 Å². The highest BCUT2D eigenvalue weighted by molar-refractivity contribution is 5.78. The minimum Gasteiger partial charge on any atom is -0.493 e. The van der Waals surface area contributed by atoms with E-state index in [-0.39, 0.29) is 11.2 Å². The maximum absolute atomic E-state index is 12.3. The number of methoxy groups -OCH3 is 1. The zero-order valence-corrected chi connectivity index (χ0v) is 15.7. The van der Waals surface area contributed by atoms with Crippen molar-refractivity contribution in [3.05, 3.63) is 53.6 Å². The minimum atomic E-state index is -0.796. The largest absolute Gasteiger partial charge is 0.493 e. The normalized spacial score (nSPS) is 12.0. The number of ether oxygens (including phenoxy) is 3. The molecule has 2 aromatic carbocycles. The molecule has 0 saturated carbocycles. The van der Waals surface area contributed by atoms with Crippen molar-refractivity contribution < 1.29 is 19.0 Å². The summed E-state index contributed by atoms with van der Waals surface area (Å²) in [6, 6.07) is 14.3. The van der Waals surface area contributed by atoms with E-state index in [4.69, 9.17) is 19.5 Å². The van der Waals surface area contributed by atoms with Gasteiger partial charge in [0.1, 0.15) is 5.75 Å². The van der Waals surface area contributed by atoms with Crippen LogP contribution in [0.25, 0.3) is 0 Å². The molecule has 1 unspecified atom stereocenters. The van der Waals surface area contributed by atoms with Gasteiger partial charge < -0.3 is 14.2 Å². The van der Waals surface area contributed by atoms with Crippen LogP contribution in [0.15, 0.2) is 42.5 Å². The van der Waals surface area contributed by atoms with Gasteiger partial charge in [-0.3, -0.25) is 0 Å². The van der Waals surface area contributed by atoms with Crippen molar-refractivity contribution in [1.29, 1.82) is 5.26 Å². The molecule has 0 amide bonds. The van der Waals surface area contributed by atoms with E-state index >= 15 is 0 Å². The molecular formula is C21H23NO4. The van der Waals surface area contributed by atoms with Gasteiger partial charge in [0.15, 0.2) is 17.6 Å². The van der Waals surface area contributed by atoms with Gasteiger partial charge in [0.05, 0.1) is 18.7 Å². The summed E-state index contributed by atoms with van der Waals surface area (Å²) in [5.74, 6) is 0.608. The zero-order valence-electron chi connectivity index (χ0n) is 15.7. The molecule has 0 radical (unpaired) electrons. The van der Waals surface area contributed by atoms with Crippen molar-refractivity contribution in [3.63, 3.8) is 0 Å². The van der Waals surface area contributed by atoms with Crippen molar-refractivity contribution >= 4 is 5.97 Å². The zero-order chi connectivity index (χ0) is 19.3. The Hall–Kier alpha value is -3.00. The molecule has 2 rings (SSSR count). The first-order valence-corrected chi connectivity index (χ1v) is 8.31. The number of carbonyl (C=O) groups is 1. The lowest BCUT2D eigenvalue weighted by molar-refractivity contribution is -0.141. The monoisotopic (exact) mass is 353 g/mol. The summed E-state index contributed by atoms with van der Waals surface area (Å²) in [4.78, 5) is 12.3. The van der Waals surface area contributed by atoms with Gasteiger partial charge in [-0.1, -0.05) is 32.9 Å². The number of hydrogen-bond acceptors (Lipinski definition) is 5. The predicted molar refractivity (Wildman–Crippen MR) is 98.6 cm³/mol. The van der Waals surface area contributed by atoms with Crippen LogP contribution in [0.2, 0.25) is 0 Å². The summed E-state index contributed by atoms with van der Waals surface area (Å²) in [6.45, 7) is 8.02. The van der Waals surface area contributed by atoms with E-state index in [1.807, 2.05) is 30.3 Å². The molecule has 0 bridgehead atoms. The van der Waals surface area contributed by atoms with E-state index in [9.17, 15) is 4.79 Å². The molecule has 0 aliphatic heterocycles. The Labute approximate surface area is 154 Å². The molecular weight excluding hydrogens is 330 g/mol. The van der Waals surface area contributed by atoms with Crippen LogP contribution in [0.1, 0.15) is 38.8 Å². The summed E-state index contributed by atoms with van der Waals surface area (Å²) in [7, 11) is 1.45. The fourth-order valence-corrected chi connectivity index (χ4v) is 2.30. The molecule has 0 fully saturated rings. The van der Waals surface area contributed by atoms with Crippen LogP contribution >= 0.6 is 0 Å². The predicted octanol–water partition coefficient (Wildman–Crippen LogP) is 4.24. The van der Waals surface area contributed by atoms with Gasteiger partial charge >= 0.3 is 5.97 Å². The fourth-order valence-electron chi connectivity index (χ4n) is 2.30. The quantitative estimate of drug-likeness (QED) is 0.594. The SMILES string of the molecule is COc1cc(C#N)ccc1OC(=O)C(C)Oc1ccc(C(C)(C)C)cc1. The molecule has 1 atom stereocenters. The fraction of sp³-hybridized carbons (Fsp3) is 0.333. The molecule has 0 spiro atoms. The van der Waals surface area contributed by atoms with Crippen LogP contribution in [0.3, 0.4) is 0 Å². The molecule has 2 aromatic rings. The summed E-state index contributed by atoms with van der Waals surface area (Å²) in [6.07, 6.45) is -0.796. The highest BCUT2D eigenvalue weighted by Crippen LogP contribution is 2.29. The van der Waals surface area contributed by atoms with E-state index in [1.165, 1.54) is 24.8 Å². The van der Waals surface area contributed by atoms with Gasteiger partial charge in [0.25, 0.3) is 0 Å². The van der Waals surface area contributed by atoms with Crippen molar-refractivity contribution in [2.24, 2.45) is 0 Å². The first-order chi connectivity index (χ1) is 12.2. The second kappa shape index (κ2) is 7.92. The molecule has 136 valence electrons. The Kier molecular flexibility index (Phi) is 5.89. The molecule has 0 saturated heterocycles. The highest BCUT2D eigenvalue weighted by atomic mass is 16.6. The van der Waals surface area contributed by atoms with E-state index < -0.39 is 12.1 Å². The van der Waals surface area contributed by atoms with Gasteiger partial charge in [0, 0.05) is 6.07 Å². The summed E-state index contributed by atoms with van der Waals surface area (Å²) < 4.78 is 16.2. The van der Waals surface area contributed by atoms with Crippen molar-refractivity contribution in [2.45, 2.75) is 39.2 Å². The molecule has 0 N–H and O–H groups in total. The van der Waals surface area contributed by atoms with Crippen LogP contribution in [-0.4, -0.2) is 19.2 Å². The number of nitriles is 1. The van der Waals surface area contributed by atoms with E-state index in [0.29, 0.717) is 17.1 Å². The maximum atomic E-state index is 12.3. The van der Waals surface area contributed by atoms with Gasteiger partial charge in [-0.15, -0.1) is 0 Å². The summed E-state index contributed by atoms with van der Waals surface area (Å²) >= 11 is 0. The highest BCUT2D eigenvalue weighted by Gasteiger charge is 2.20. The van der Waals surface area contributed by atoms with E-state index in [0.717, 1.165) is 0 Å². The Morgan fingerprint density at radius 1 is 1.08 bits per heavy atom. The van der Waals surface area contributed by atoms with Gasteiger partial charge in [-0.25, -0.2) is 4.79 Å². The first kappa shape index (κ1) is 19.3. The standard InChI is InChI=1S/C21H23NO4/c1-14(25-17-9-7-16(8-10-17)21(2,3)4)20(23)26-18-11-6-15(13-22)12-19(18)24-5/h6-12,14H,1-5H3. The molecule has 0 heterocycles. The van der Waals surface area contributed by atoms with Crippen molar-refractivity contribution in [3.8, 4) is 23.3 Å². The Bertz CT molecular complexity index is 813. The third kappa shape index (κ3) is 4.76. The summed E-state index contributed by atoms with van der Waals surface area (Å²) in [5, 5.41) is 8.92. The number of benzene rings is 2. The number of esters is 1. The number of nitrogens with zero attached hydrogens (tertiary/aromatic N) is 1. The topological polar surface area (TPSA) is 68.5 Å². The second-order valence-corrected chi connectivity index (χ2v) is 6.93. The smallest absolute Gasteiger partial charge is 0.352 e. The van der Waals surface area contributed by atoms with Crippen LogP contribution in [0.4, 0.5) is 0 Å². The third-order valence-electron chi connectivity index (χ3n) is 3.87. The lowest BCUT2D eigenvalue weighted by atomic mass is 9.87. The molecule has 5 nitrogen and oxygen atoms in total. The lowest BCUT2D eigenvalue weighted by Crippen LogP contribution is -2.28. The second-order valence-electron chi connectivity index (χ2n) is 6.93. The average Bonchev–Trinajstić information content (AvgIpc) is 2.61. The van der Waals surface area contributed by atoms with Gasteiger partial charge in [0.2, 0.25) is 0 Å². The average molecular weight is 353 g/mol. The first-order valence-electron chi connectivity index (χ1n) is 8.31. The maximum Gasteiger partial charge on any atom is 0.352 e. The lowest BCUT2D eigenvalue weighted by Gasteiger charge is -2.20. The van der Waals surface area contributed by atoms with Crippen molar-refractivity contribution in [2.75, 3.05) is 7.11 Å². The molecule has 0 aliphatic carbocycles. The van der Waals surface area contributed by atoms with Crippen molar-refractivity contribution in [1.82, 2.24) is 0 Å². The van der Waals surface area contributed by atoms with Crippen LogP contribution in [-0.2, 0) is 10.2 Å². The molecule has 5 heteroatoms. The number of hydrogen-bond donors (Lipinski definition) is 0. The molecule has 26 heavy (non-hydrogen) atoms. The Morgan fingerprint density at radius 3 is 2.27 bits per heavy atom. The van der Waals surface area contributed by atoms with Gasteiger partial charge in [-0.05, 0) is 42.2 Å². The number of rotatable bonds is 5.